The Morgan fingerprint density at radius 2 is 2.00 bits per heavy atom. The van der Waals surface area contributed by atoms with E-state index in [-0.39, 0.29) is 18.3 Å². The van der Waals surface area contributed by atoms with Gasteiger partial charge in [0, 0.05) is 17.0 Å². The van der Waals surface area contributed by atoms with Crippen LogP contribution < -0.4 is 5.46 Å². The number of carbonyl (C=O) groups excluding carboxylic acids is 1. The molecular weight excluding hydrogens is 286 g/mol. The lowest BCUT2D eigenvalue weighted by atomic mass is 9.78. The quantitative estimate of drug-likeness (QED) is 0.700. The van der Waals surface area contributed by atoms with Crippen LogP contribution in [-0.4, -0.2) is 17.9 Å². The van der Waals surface area contributed by atoms with Crippen LogP contribution >= 0.6 is 11.6 Å². The van der Waals surface area contributed by atoms with Crippen molar-refractivity contribution in [3.05, 3.63) is 64.2 Å². The molecule has 0 spiro atoms. The summed E-state index contributed by atoms with van der Waals surface area (Å²) in [7, 11) is -0.902. The van der Waals surface area contributed by atoms with E-state index in [1.54, 1.807) is 24.3 Å². The van der Waals surface area contributed by atoms with Crippen LogP contribution in [0.15, 0.2) is 42.5 Å². The van der Waals surface area contributed by atoms with E-state index in [1.165, 1.54) is 0 Å². The molecule has 1 atom stereocenters. The highest BCUT2D eigenvalue weighted by Gasteiger charge is 2.32. The fourth-order valence-corrected chi connectivity index (χ4v) is 2.71. The number of Topliss-reactive ketones (excluding diaryl/α,β-unsaturated/α-hetero) is 1. The molecule has 5 heteroatoms. The number of carbonyl (C=O) groups is 1. The molecule has 1 unspecified atom stereocenters. The van der Waals surface area contributed by atoms with Crippen LogP contribution in [0.25, 0.3) is 0 Å². The number of rotatable bonds is 3. The minimum absolute atomic E-state index is 0.0214. The molecule has 3 rings (SSSR count). The van der Waals surface area contributed by atoms with Gasteiger partial charge in [0.15, 0.2) is 5.78 Å². The molecule has 2 aromatic carbocycles. The second kappa shape index (κ2) is 5.64. The Balaban J connectivity index is 1.81. The van der Waals surface area contributed by atoms with E-state index in [1.807, 2.05) is 25.1 Å². The van der Waals surface area contributed by atoms with Crippen molar-refractivity contribution >= 4 is 30.0 Å². The van der Waals surface area contributed by atoms with Crippen molar-refractivity contribution in [1.82, 2.24) is 0 Å². The maximum absolute atomic E-state index is 12.2. The molecule has 1 N–H and O–H groups in total. The van der Waals surface area contributed by atoms with E-state index in [9.17, 15) is 9.82 Å². The van der Waals surface area contributed by atoms with Crippen molar-refractivity contribution in [2.24, 2.45) is 0 Å². The molecule has 0 amide bonds. The second-order valence-electron chi connectivity index (χ2n) is 5.20. The van der Waals surface area contributed by atoms with Crippen molar-refractivity contribution in [2.45, 2.75) is 19.4 Å². The van der Waals surface area contributed by atoms with Gasteiger partial charge in [0.1, 0.15) is 0 Å². The summed E-state index contributed by atoms with van der Waals surface area (Å²) in [6.45, 7) is 1.90. The van der Waals surface area contributed by atoms with Gasteiger partial charge in [-0.2, -0.15) is 0 Å². The van der Waals surface area contributed by atoms with E-state index >= 15 is 0 Å². The number of benzene rings is 2. The number of fused-ring (bicyclic) bond motifs is 1. The first-order valence-electron chi connectivity index (χ1n) is 6.79. The molecule has 0 aliphatic carbocycles. The monoisotopic (exact) mass is 300 g/mol. The molecule has 0 bridgehead atoms. The average Bonchev–Trinajstić information content (AvgIpc) is 2.74. The van der Waals surface area contributed by atoms with Crippen LogP contribution in [0.4, 0.5) is 0 Å². The van der Waals surface area contributed by atoms with E-state index in [0.29, 0.717) is 10.6 Å². The van der Waals surface area contributed by atoms with Crippen molar-refractivity contribution < 1.29 is 14.5 Å². The molecule has 0 saturated carbocycles. The zero-order chi connectivity index (χ0) is 15.0. The molecule has 0 radical (unpaired) electrons. The zero-order valence-electron chi connectivity index (χ0n) is 11.5. The van der Waals surface area contributed by atoms with E-state index < -0.39 is 7.12 Å². The van der Waals surface area contributed by atoms with Gasteiger partial charge in [0.2, 0.25) is 0 Å². The number of halogens is 1. The van der Waals surface area contributed by atoms with E-state index in [2.05, 4.69) is 0 Å². The number of ketones is 1. The Bertz CT molecular complexity index is 684. The van der Waals surface area contributed by atoms with Crippen LogP contribution in [0.5, 0.6) is 0 Å². The van der Waals surface area contributed by atoms with Gasteiger partial charge in [-0.05, 0) is 47.8 Å². The molecule has 1 aliphatic heterocycles. The van der Waals surface area contributed by atoms with Gasteiger partial charge < -0.3 is 9.68 Å². The third-order valence-corrected chi connectivity index (χ3v) is 3.97. The highest BCUT2D eigenvalue weighted by molar-refractivity contribution is 6.61. The van der Waals surface area contributed by atoms with E-state index in [4.69, 9.17) is 16.3 Å². The fourth-order valence-electron chi connectivity index (χ4n) is 2.58. The van der Waals surface area contributed by atoms with Crippen LogP contribution in [-0.2, 0) is 11.1 Å². The van der Waals surface area contributed by atoms with Crippen LogP contribution in [0, 0.1) is 0 Å². The van der Waals surface area contributed by atoms with Gasteiger partial charge in [-0.1, -0.05) is 29.8 Å². The predicted octanol–water partition coefficient (Wildman–Crippen LogP) is 2.54. The molecule has 0 saturated heterocycles. The van der Waals surface area contributed by atoms with Gasteiger partial charge in [0.25, 0.3) is 0 Å². The lowest BCUT2D eigenvalue weighted by Crippen LogP contribution is -2.28. The zero-order valence-corrected chi connectivity index (χ0v) is 12.3. The first-order valence-corrected chi connectivity index (χ1v) is 7.17. The molecule has 0 fully saturated rings. The summed E-state index contributed by atoms with van der Waals surface area (Å²) in [5.74, 6) is 0.0214. The molecule has 2 aromatic rings. The fraction of sp³-hybridized carbons (Fsp3) is 0.188. The Morgan fingerprint density at radius 1 is 1.29 bits per heavy atom. The molecular formula is C16H14BClO3. The van der Waals surface area contributed by atoms with Crippen LogP contribution in [0.1, 0.15) is 34.5 Å². The largest absolute Gasteiger partial charge is 0.491 e. The van der Waals surface area contributed by atoms with Crippen molar-refractivity contribution in [2.75, 3.05) is 0 Å². The smallest absolute Gasteiger partial charge is 0.423 e. The summed E-state index contributed by atoms with van der Waals surface area (Å²) in [5.41, 5.74) is 3.23. The summed E-state index contributed by atoms with van der Waals surface area (Å²) in [6.07, 6.45) is 0.173. The molecule has 1 heterocycles. The van der Waals surface area contributed by atoms with Crippen molar-refractivity contribution in [3.8, 4) is 0 Å². The maximum atomic E-state index is 12.2. The van der Waals surface area contributed by atoms with Crippen LogP contribution in [0.3, 0.4) is 0 Å². The van der Waals surface area contributed by atoms with Gasteiger partial charge in [-0.3, -0.25) is 4.79 Å². The van der Waals surface area contributed by atoms with E-state index in [0.717, 1.165) is 16.6 Å². The van der Waals surface area contributed by atoms with Crippen LogP contribution in [0.2, 0.25) is 5.02 Å². The lowest BCUT2D eigenvalue weighted by molar-refractivity contribution is 0.0993. The molecule has 3 nitrogen and oxygen atoms in total. The summed E-state index contributed by atoms with van der Waals surface area (Å²) < 4.78 is 5.35. The minimum atomic E-state index is -0.902. The number of hydrogen-bond donors (Lipinski definition) is 1. The van der Waals surface area contributed by atoms with Gasteiger partial charge in [-0.25, -0.2) is 0 Å². The summed E-state index contributed by atoms with van der Waals surface area (Å²) in [4.78, 5) is 12.2. The van der Waals surface area contributed by atoms with Crippen molar-refractivity contribution in [3.63, 3.8) is 0 Å². The SMILES string of the molecule is CC1OB(O)c2cc(CC(=O)c3ccc(Cl)cc3)ccc21. The first kappa shape index (κ1) is 14.3. The lowest BCUT2D eigenvalue weighted by Gasteiger charge is -2.06. The minimum Gasteiger partial charge on any atom is -0.423 e. The first-order chi connectivity index (χ1) is 10.0. The highest BCUT2D eigenvalue weighted by atomic mass is 35.5. The Morgan fingerprint density at radius 3 is 2.71 bits per heavy atom. The van der Waals surface area contributed by atoms with Gasteiger partial charge in [0.05, 0.1) is 6.10 Å². The molecule has 106 valence electrons. The Kier molecular flexibility index (Phi) is 3.85. The normalized spacial score (nSPS) is 16.9. The standard InChI is InChI=1S/C16H14BClO3/c1-10-14-7-2-11(8-15(14)17(20)21-10)9-16(19)12-3-5-13(18)6-4-12/h2-8,10,20H,9H2,1H3. The average molecular weight is 301 g/mol. The van der Waals surface area contributed by atoms with Gasteiger partial charge in [-0.15, -0.1) is 0 Å². The predicted molar refractivity (Wildman–Crippen MR) is 83.0 cm³/mol. The third-order valence-electron chi connectivity index (χ3n) is 3.72. The summed E-state index contributed by atoms with van der Waals surface area (Å²) >= 11 is 5.82. The second-order valence-corrected chi connectivity index (χ2v) is 5.64. The Labute approximate surface area is 128 Å². The molecule has 1 aliphatic rings. The topological polar surface area (TPSA) is 46.5 Å². The molecule has 21 heavy (non-hydrogen) atoms. The highest BCUT2D eigenvalue weighted by Crippen LogP contribution is 2.23. The third kappa shape index (κ3) is 2.88. The number of hydrogen-bond acceptors (Lipinski definition) is 3. The Hall–Kier alpha value is -1.62. The van der Waals surface area contributed by atoms with Gasteiger partial charge >= 0.3 is 7.12 Å². The summed E-state index contributed by atoms with van der Waals surface area (Å²) in [6, 6.07) is 12.5. The summed E-state index contributed by atoms with van der Waals surface area (Å²) in [5, 5.41) is 10.4. The van der Waals surface area contributed by atoms with Crippen molar-refractivity contribution in [1.29, 1.82) is 0 Å². The molecule has 0 aromatic heterocycles. The maximum Gasteiger partial charge on any atom is 0.491 e.